The minimum atomic E-state index is -0.412. The number of hydrogen-bond acceptors (Lipinski definition) is 6. The second-order valence-electron chi connectivity index (χ2n) is 7.62. The quantitative estimate of drug-likeness (QED) is 0.493. The van der Waals surface area contributed by atoms with Crippen LogP contribution in [0.1, 0.15) is 37.4 Å². The number of aryl methyl sites for hydroxylation is 1. The number of nitrogens with one attached hydrogen (secondary N) is 2. The number of thioether (sulfide) groups is 1. The van der Waals surface area contributed by atoms with Crippen LogP contribution in [0.3, 0.4) is 0 Å². The summed E-state index contributed by atoms with van der Waals surface area (Å²) >= 11 is 1.61. The molecule has 0 aliphatic carbocycles. The zero-order valence-corrected chi connectivity index (χ0v) is 19.5. The van der Waals surface area contributed by atoms with E-state index in [-0.39, 0.29) is 5.91 Å². The number of ether oxygens (including phenoxy) is 1. The number of anilines is 2. The van der Waals surface area contributed by atoms with E-state index < -0.39 is 6.04 Å². The number of carbonyl (C=O) groups is 1. The molecule has 0 saturated carbocycles. The van der Waals surface area contributed by atoms with Crippen molar-refractivity contribution in [2.24, 2.45) is 0 Å². The molecule has 0 bridgehead atoms. The van der Waals surface area contributed by atoms with Crippen molar-refractivity contribution >= 4 is 29.3 Å². The highest BCUT2D eigenvalue weighted by atomic mass is 32.2. The summed E-state index contributed by atoms with van der Waals surface area (Å²) in [5, 5.41) is 11.8. The fourth-order valence-corrected chi connectivity index (χ4v) is 4.36. The fraction of sp³-hybridized carbons (Fsp3) is 0.292. The van der Waals surface area contributed by atoms with Gasteiger partial charge in [0.25, 0.3) is 5.91 Å². The van der Waals surface area contributed by atoms with Gasteiger partial charge in [-0.15, -0.1) is 5.10 Å². The van der Waals surface area contributed by atoms with Gasteiger partial charge in [0.05, 0.1) is 12.7 Å². The van der Waals surface area contributed by atoms with Gasteiger partial charge < -0.3 is 15.4 Å². The van der Waals surface area contributed by atoms with Gasteiger partial charge in [-0.3, -0.25) is 4.79 Å². The van der Waals surface area contributed by atoms with Gasteiger partial charge in [0.2, 0.25) is 11.1 Å². The van der Waals surface area contributed by atoms with Crippen LogP contribution in [-0.4, -0.2) is 33.5 Å². The molecule has 0 radical (unpaired) electrons. The molecule has 1 aliphatic heterocycles. The van der Waals surface area contributed by atoms with Crippen molar-refractivity contribution in [1.29, 1.82) is 0 Å². The second-order valence-corrected chi connectivity index (χ2v) is 8.68. The predicted molar refractivity (Wildman–Crippen MR) is 128 cm³/mol. The van der Waals surface area contributed by atoms with E-state index in [9.17, 15) is 4.79 Å². The van der Waals surface area contributed by atoms with Gasteiger partial charge >= 0.3 is 0 Å². The molecule has 1 atom stereocenters. The first-order valence-corrected chi connectivity index (χ1v) is 11.6. The van der Waals surface area contributed by atoms with E-state index in [0.29, 0.717) is 16.7 Å². The number of benzene rings is 2. The number of para-hydroxylation sites is 1. The Labute approximate surface area is 192 Å². The highest BCUT2D eigenvalue weighted by Gasteiger charge is 2.34. The predicted octanol–water partition coefficient (Wildman–Crippen LogP) is 5.02. The number of nitrogens with zero attached hydrogens (tertiary/aromatic N) is 3. The van der Waals surface area contributed by atoms with E-state index >= 15 is 0 Å². The van der Waals surface area contributed by atoms with Crippen molar-refractivity contribution in [1.82, 2.24) is 14.8 Å². The first kappa shape index (κ1) is 22.0. The monoisotopic (exact) mass is 449 g/mol. The molecular weight excluding hydrogens is 422 g/mol. The summed E-state index contributed by atoms with van der Waals surface area (Å²) in [6, 6.07) is 15.1. The summed E-state index contributed by atoms with van der Waals surface area (Å²) in [6.07, 6.45) is 1.03. The van der Waals surface area contributed by atoms with Crippen molar-refractivity contribution in [3.63, 3.8) is 0 Å². The second kappa shape index (κ2) is 9.48. The number of amides is 1. The Balaban J connectivity index is 1.76. The lowest BCUT2D eigenvalue weighted by Gasteiger charge is -2.29. The van der Waals surface area contributed by atoms with Crippen LogP contribution < -0.4 is 15.4 Å². The molecule has 7 nitrogen and oxygen atoms in total. The SMILES string of the molecule is CCCSc1nc2n(n1)C(c1ccc(OC)cc1)C(C(=O)Nc1ccccc1C)=C(C)N2. The van der Waals surface area contributed by atoms with Crippen LogP contribution in [0.15, 0.2) is 65.0 Å². The number of aromatic nitrogens is 3. The Morgan fingerprint density at radius 1 is 1.19 bits per heavy atom. The summed E-state index contributed by atoms with van der Waals surface area (Å²) in [7, 11) is 1.64. The maximum absolute atomic E-state index is 13.5. The van der Waals surface area contributed by atoms with Crippen molar-refractivity contribution in [2.75, 3.05) is 23.5 Å². The summed E-state index contributed by atoms with van der Waals surface area (Å²) in [5.74, 6) is 2.15. The maximum atomic E-state index is 13.5. The van der Waals surface area contributed by atoms with Crippen molar-refractivity contribution in [2.45, 2.75) is 38.4 Å². The van der Waals surface area contributed by atoms with Gasteiger partial charge in [0, 0.05) is 17.1 Å². The Hall–Kier alpha value is -3.26. The Morgan fingerprint density at radius 3 is 2.62 bits per heavy atom. The van der Waals surface area contributed by atoms with E-state index in [0.717, 1.165) is 40.4 Å². The zero-order chi connectivity index (χ0) is 22.7. The van der Waals surface area contributed by atoms with E-state index in [4.69, 9.17) is 9.84 Å². The molecule has 0 spiro atoms. The minimum Gasteiger partial charge on any atom is -0.497 e. The topological polar surface area (TPSA) is 81.1 Å². The summed E-state index contributed by atoms with van der Waals surface area (Å²) in [4.78, 5) is 18.2. The van der Waals surface area contributed by atoms with Gasteiger partial charge in [-0.2, -0.15) is 4.98 Å². The maximum Gasteiger partial charge on any atom is 0.255 e. The molecule has 2 aromatic carbocycles. The van der Waals surface area contributed by atoms with E-state index in [1.54, 1.807) is 23.6 Å². The van der Waals surface area contributed by atoms with E-state index in [1.807, 2.05) is 62.4 Å². The van der Waals surface area contributed by atoms with Crippen LogP contribution in [0.4, 0.5) is 11.6 Å². The summed E-state index contributed by atoms with van der Waals surface area (Å²) < 4.78 is 7.13. The van der Waals surface area contributed by atoms with Crippen LogP contribution in [0, 0.1) is 6.92 Å². The molecule has 0 fully saturated rings. The molecule has 1 aromatic heterocycles. The van der Waals surface area contributed by atoms with Crippen LogP contribution in [0.5, 0.6) is 5.75 Å². The molecule has 4 rings (SSSR count). The fourth-order valence-electron chi connectivity index (χ4n) is 3.68. The van der Waals surface area contributed by atoms with Gasteiger partial charge in [-0.05, 0) is 49.6 Å². The first-order chi connectivity index (χ1) is 15.5. The van der Waals surface area contributed by atoms with Gasteiger partial charge in [0.1, 0.15) is 11.8 Å². The number of rotatable bonds is 7. The molecular formula is C24H27N5O2S. The molecule has 2 heterocycles. The van der Waals surface area contributed by atoms with Gasteiger partial charge in [-0.25, -0.2) is 4.68 Å². The van der Waals surface area contributed by atoms with Crippen molar-refractivity contribution in [3.05, 3.63) is 70.9 Å². The number of fused-ring (bicyclic) bond motifs is 1. The lowest BCUT2D eigenvalue weighted by Crippen LogP contribution is -2.31. The molecule has 32 heavy (non-hydrogen) atoms. The lowest BCUT2D eigenvalue weighted by atomic mass is 9.95. The molecule has 2 N–H and O–H groups in total. The largest absolute Gasteiger partial charge is 0.497 e. The van der Waals surface area contributed by atoms with Gasteiger partial charge in [0.15, 0.2) is 0 Å². The van der Waals surface area contributed by atoms with E-state index in [2.05, 4.69) is 22.5 Å². The standard InChI is InChI=1S/C24H27N5O2S/c1-5-14-32-24-27-23-25-16(3)20(22(30)26-19-9-7-6-8-15(19)2)21(29(23)28-24)17-10-12-18(31-4)13-11-17/h6-13,21H,5,14H2,1-4H3,(H,26,30)(H,25,27,28). The molecule has 1 amide bonds. The lowest BCUT2D eigenvalue weighted by molar-refractivity contribution is -0.113. The highest BCUT2D eigenvalue weighted by Crippen LogP contribution is 2.37. The highest BCUT2D eigenvalue weighted by molar-refractivity contribution is 7.99. The third-order valence-corrected chi connectivity index (χ3v) is 6.38. The number of allylic oxidation sites excluding steroid dienone is 1. The van der Waals surface area contributed by atoms with Crippen LogP contribution in [-0.2, 0) is 4.79 Å². The smallest absolute Gasteiger partial charge is 0.255 e. The molecule has 166 valence electrons. The molecule has 1 unspecified atom stereocenters. The van der Waals surface area contributed by atoms with Crippen molar-refractivity contribution < 1.29 is 9.53 Å². The van der Waals surface area contributed by atoms with Crippen molar-refractivity contribution in [3.8, 4) is 5.75 Å². The Bertz CT molecular complexity index is 1150. The van der Waals surface area contributed by atoms with Crippen LogP contribution >= 0.6 is 11.8 Å². The average molecular weight is 450 g/mol. The minimum absolute atomic E-state index is 0.172. The molecule has 3 aromatic rings. The molecule has 8 heteroatoms. The van der Waals surface area contributed by atoms with Crippen LogP contribution in [0.25, 0.3) is 0 Å². The third kappa shape index (κ3) is 4.36. The normalized spacial score (nSPS) is 15.2. The number of methoxy groups -OCH3 is 1. The summed E-state index contributed by atoms with van der Waals surface area (Å²) in [6.45, 7) is 6.01. The number of carbonyl (C=O) groups excluding carboxylic acids is 1. The average Bonchev–Trinajstić information content (AvgIpc) is 3.20. The Morgan fingerprint density at radius 2 is 1.94 bits per heavy atom. The van der Waals surface area contributed by atoms with E-state index in [1.165, 1.54) is 0 Å². The molecule has 1 aliphatic rings. The Kier molecular flexibility index (Phi) is 6.50. The first-order valence-electron chi connectivity index (χ1n) is 10.6. The zero-order valence-electron chi connectivity index (χ0n) is 18.7. The van der Waals surface area contributed by atoms with Crippen LogP contribution in [0.2, 0.25) is 0 Å². The third-order valence-electron chi connectivity index (χ3n) is 5.34. The molecule has 0 saturated heterocycles. The summed E-state index contributed by atoms with van der Waals surface area (Å²) in [5.41, 5.74) is 4.07. The number of hydrogen-bond donors (Lipinski definition) is 2. The van der Waals surface area contributed by atoms with Gasteiger partial charge in [-0.1, -0.05) is 49.0 Å².